The lowest BCUT2D eigenvalue weighted by Gasteiger charge is -2.09. The van der Waals surface area contributed by atoms with Crippen molar-refractivity contribution in [3.63, 3.8) is 0 Å². The van der Waals surface area contributed by atoms with E-state index in [1.54, 1.807) is 24.3 Å². The van der Waals surface area contributed by atoms with E-state index in [0.717, 1.165) is 18.4 Å². The number of unbranched alkanes of at least 4 members (excludes halogenated alkanes) is 9. The van der Waals surface area contributed by atoms with E-state index in [1.807, 2.05) is 42.5 Å². The second-order valence-electron chi connectivity index (χ2n) is 9.19. The Morgan fingerprint density at radius 1 is 0.649 bits per heavy atom. The first-order valence-electron chi connectivity index (χ1n) is 13.2. The van der Waals surface area contributed by atoms with E-state index in [4.69, 9.17) is 16.2 Å². The van der Waals surface area contributed by atoms with Crippen molar-refractivity contribution in [2.24, 2.45) is 0 Å². The number of para-hydroxylation sites is 4. The van der Waals surface area contributed by atoms with Gasteiger partial charge in [-0.1, -0.05) is 107 Å². The maximum atomic E-state index is 11.3. The topological polar surface area (TPSA) is 116 Å². The van der Waals surface area contributed by atoms with Crippen molar-refractivity contribution in [2.75, 3.05) is 11.5 Å². The van der Waals surface area contributed by atoms with Gasteiger partial charge in [0.15, 0.2) is 0 Å². The Morgan fingerprint density at radius 3 is 1.57 bits per heavy atom. The quantitative estimate of drug-likeness (QED) is 0.111. The molecular formula is C30H42N2O4S. The summed E-state index contributed by atoms with van der Waals surface area (Å²) in [5.41, 5.74) is 13.4. The summed E-state index contributed by atoms with van der Waals surface area (Å²) in [5.74, 6) is 1.24. The highest BCUT2D eigenvalue weighted by Gasteiger charge is 2.13. The van der Waals surface area contributed by atoms with Crippen LogP contribution in [-0.2, 0) is 16.5 Å². The van der Waals surface area contributed by atoms with Gasteiger partial charge in [-0.15, -0.1) is 0 Å². The molecule has 7 heteroatoms. The van der Waals surface area contributed by atoms with Crippen molar-refractivity contribution >= 4 is 21.5 Å². The summed E-state index contributed by atoms with van der Waals surface area (Å²) < 4.78 is 37.4. The number of hydrogen-bond donors (Lipinski definition) is 3. The lowest BCUT2D eigenvalue weighted by Crippen LogP contribution is -2.03. The summed E-state index contributed by atoms with van der Waals surface area (Å²) in [5, 5.41) is 0. The second kappa shape index (κ2) is 16.7. The van der Waals surface area contributed by atoms with Crippen LogP contribution in [0, 0.1) is 0 Å². The summed E-state index contributed by atoms with van der Waals surface area (Å²) in [6.07, 6.45) is 13.3. The molecule has 0 spiro atoms. The standard InChI is InChI=1S/C18H30O3S.C12H12N2O/c1-2-3-4-5-6-7-8-9-10-11-14-17-15-12-13-16-18(17)22(19,20)21;13-9-5-1-3-7-11(9)15-12-8-4-2-6-10(12)14/h12-13,15-16H,2-11,14H2,1H3,(H,19,20,21);1-8H,13-14H2. The summed E-state index contributed by atoms with van der Waals surface area (Å²) >= 11 is 0. The van der Waals surface area contributed by atoms with Gasteiger partial charge in [0.05, 0.1) is 16.3 Å². The van der Waals surface area contributed by atoms with Crippen molar-refractivity contribution in [1.29, 1.82) is 0 Å². The van der Waals surface area contributed by atoms with Gasteiger partial charge in [-0.2, -0.15) is 8.42 Å². The van der Waals surface area contributed by atoms with Crippen LogP contribution >= 0.6 is 0 Å². The number of aryl methyl sites for hydroxylation is 1. The molecule has 6 nitrogen and oxygen atoms in total. The zero-order valence-corrected chi connectivity index (χ0v) is 22.8. The molecule has 3 rings (SSSR count). The smallest absolute Gasteiger partial charge is 0.294 e. The molecule has 0 aliphatic rings. The first kappa shape index (κ1) is 30.2. The van der Waals surface area contributed by atoms with Gasteiger partial charge in [-0.25, -0.2) is 0 Å². The minimum absolute atomic E-state index is 0.0610. The summed E-state index contributed by atoms with van der Waals surface area (Å²) in [6.45, 7) is 2.24. The number of nitrogen functional groups attached to an aromatic ring is 2. The Kier molecular flexibility index (Phi) is 13.6. The minimum atomic E-state index is -4.10. The zero-order chi connectivity index (χ0) is 26.9. The van der Waals surface area contributed by atoms with Gasteiger partial charge in [-0.05, 0) is 48.7 Å². The maximum absolute atomic E-state index is 11.3. The van der Waals surface area contributed by atoms with Crippen LogP contribution in [0.15, 0.2) is 77.7 Å². The van der Waals surface area contributed by atoms with Crippen molar-refractivity contribution in [3.8, 4) is 11.5 Å². The Balaban J connectivity index is 0.000000278. The molecule has 0 aliphatic carbocycles. The van der Waals surface area contributed by atoms with Gasteiger partial charge < -0.3 is 16.2 Å². The fraction of sp³-hybridized carbons (Fsp3) is 0.400. The van der Waals surface area contributed by atoms with Crippen molar-refractivity contribution < 1.29 is 17.7 Å². The molecule has 0 radical (unpaired) electrons. The van der Waals surface area contributed by atoms with Crippen molar-refractivity contribution in [2.45, 2.75) is 82.4 Å². The second-order valence-corrected chi connectivity index (χ2v) is 10.6. The molecular weight excluding hydrogens is 484 g/mol. The molecule has 0 saturated heterocycles. The summed E-state index contributed by atoms with van der Waals surface area (Å²) in [7, 11) is -4.10. The van der Waals surface area contributed by atoms with Gasteiger partial charge in [0.25, 0.3) is 10.1 Å². The van der Waals surface area contributed by atoms with E-state index >= 15 is 0 Å². The molecule has 0 saturated carbocycles. The average molecular weight is 527 g/mol. The van der Waals surface area contributed by atoms with E-state index in [0.29, 0.717) is 29.3 Å². The van der Waals surface area contributed by atoms with Crippen LogP contribution in [0.5, 0.6) is 11.5 Å². The number of rotatable bonds is 14. The summed E-state index contributed by atoms with van der Waals surface area (Å²) in [4.78, 5) is 0.0610. The summed E-state index contributed by atoms with van der Waals surface area (Å²) in [6, 6.07) is 21.4. The van der Waals surface area contributed by atoms with Crippen molar-refractivity contribution in [3.05, 3.63) is 78.4 Å². The predicted molar refractivity (Wildman–Crippen MR) is 154 cm³/mol. The first-order chi connectivity index (χ1) is 17.8. The zero-order valence-electron chi connectivity index (χ0n) is 21.9. The highest BCUT2D eigenvalue weighted by Crippen LogP contribution is 2.30. The van der Waals surface area contributed by atoms with Crippen LogP contribution < -0.4 is 16.2 Å². The van der Waals surface area contributed by atoms with Crippen LogP contribution in [0.4, 0.5) is 11.4 Å². The third-order valence-electron chi connectivity index (χ3n) is 6.11. The minimum Gasteiger partial charge on any atom is -0.453 e. The molecule has 0 bridgehead atoms. The number of anilines is 2. The van der Waals surface area contributed by atoms with Gasteiger partial charge in [0.2, 0.25) is 0 Å². The molecule has 202 valence electrons. The van der Waals surface area contributed by atoms with Crippen LogP contribution in [0.25, 0.3) is 0 Å². The maximum Gasteiger partial charge on any atom is 0.294 e. The van der Waals surface area contributed by atoms with Gasteiger partial charge in [0, 0.05) is 0 Å². The monoisotopic (exact) mass is 526 g/mol. The predicted octanol–water partition coefficient (Wildman–Crippen LogP) is 8.04. The van der Waals surface area contributed by atoms with Gasteiger partial charge >= 0.3 is 0 Å². The number of hydrogen-bond acceptors (Lipinski definition) is 5. The van der Waals surface area contributed by atoms with Crippen LogP contribution in [0.2, 0.25) is 0 Å². The Morgan fingerprint density at radius 2 is 1.08 bits per heavy atom. The van der Waals surface area contributed by atoms with Crippen LogP contribution in [-0.4, -0.2) is 13.0 Å². The molecule has 3 aromatic carbocycles. The molecule has 0 heterocycles. The third-order valence-corrected chi connectivity index (χ3v) is 7.06. The largest absolute Gasteiger partial charge is 0.453 e. The van der Waals surface area contributed by atoms with Gasteiger partial charge in [0.1, 0.15) is 11.5 Å². The molecule has 0 aromatic heterocycles. The number of benzene rings is 3. The lowest BCUT2D eigenvalue weighted by molar-refractivity contribution is 0.481. The average Bonchev–Trinajstić information content (AvgIpc) is 2.88. The van der Waals surface area contributed by atoms with E-state index < -0.39 is 10.1 Å². The Labute approximate surface area is 222 Å². The SMILES string of the molecule is CCCCCCCCCCCCc1ccccc1S(=O)(=O)O.Nc1ccccc1Oc1ccccc1N. The highest BCUT2D eigenvalue weighted by molar-refractivity contribution is 7.85. The van der Waals surface area contributed by atoms with E-state index in [1.165, 1.54) is 57.4 Å². The van der Waals surface area contributed by atoms with Crippen LogP contribution in [0.3, 0.4) is 0 Å². The van der Waals surface area contributed by atoms with Crippen molar-refractivity contribution in [1.82, 2.24) is 0 Å². The lowest BCUT2D eigenvalue weighted by atomic mass is 10.0. The van der Waals surface area contributed by atoms with Crippen LogP contribution in [0.1, 0.15) is 76.7 Å². The highest BCUT2D eigenvalue weighted by atomic mass is 32.2. The van der Waals surface area contributed by atoms with E-state index in [9.17, 15) is 13.0 Å². The molecule has 0 aliphatic heterocycles. The van der Waals surface area contributed by atoms with E-state index in [2.05, 4.69) is 6.92 Å². The molecule has 3 aromatic rings. The molecule has 0 fully saturated rings. The number of nitrogens with two attached hydrogens (primary N) is 2. The fourth-order valence-electron chi connectivity index (χ4n) is 4.03. The molecule has 0 unspecified atom stereocenters. The Hall–Kier alpha value is -3.03. The fourth-order valence-corrected chi connectivity index (χ4v) is 4.78. The molecule has 0 atom stereocenters. The third kappa shape index (κ3) is 11.7. The number of ether oxygens (including phenoxy) is 1. The molecule has 37 heavy (non-hydrogen) atoms. The normalized spacial score (nSPS) is 11.0. The van der Waals surface area contributed by atoms with Gasteiger partial charge in [-0.3, -0.25) is 4.55 Å². The Bertz CT molecular complexity index is 1120. The first-order valence-corrected chi connectivity index (χ1v) is 14.7. The molecule has 5 N–H and O–H groups in total. The van der Waals surface area contributed by atoms with E-state index in [-0.39, 0.29) is 4.90 Å². The molecule has 0 amide bonds.